The van der Waals surface area contributed by atoms with E-state index in [-0.39, 0.29) is 5.92 Å². The van der Waals surface area contributed by atoms with Crippen LogP contribution in [0.2, 0.25) is 0 Å². The minimum Gasteiger partial charge on any atom is -0.300 e. The molecular weight excluding hydrogens is 212 g/mol. The summed E-state index contributed by atoms with van der Waals surface area (Å²) in [7, 11) is 0. The van der Waals surface area contributed by atoms with Crippen molar-refractivity contribution in [3.63, 3.8) is 0 Å². The number of carbonyl (C=O) groups is 1. The molecule has 0 radical (unpaired) electrons. The van der Waals surface area contributed by atoms with Crippen molar-refractivity contribution < 1.29 is 4.79 Å². The van der Waals surface area contributed by atoms with Gasteiger partial charge in [0, 0.05) is 17.4 Å². The van der Waals surface area contributed by atoms with Crippen molar-refractivity contribution in [2.24, 2.45) is 5.92 Å². The van der Waals surface area contributed by atoms with Crippen LogP contribution in [0.4, 0.5) is 0 Å². The van der Waals surface area contributed by atoms with Crippen molar-refractivity contribution in [1.82, 2.24) is 0 Å². The molecule has 3 heteroatoms. The Bertz CT molecular complexity index is 155. The summed E-state index contributed by atoms with van der Waals surface area (Å²) >= 11 is 3.77. The Kier molecular flexibility index (Phi) is 7.84. The number of thioether (sulfide) groups is 2. The lowest BCUT2D eigenvalue weighted by Crippen LogP contribution is -2.18. The first-order chi connectivity index (χ1) is 6.43. The van der Waals surface area contributed by atoms with Crippen molar-refractivity contribution in [2.45, 2.75) is 45.1 Å². The van der Waals surface area contributed by atoms with E-state index in [1.165, 1.54) is 0 Å². The molecule has 0 aliphatic carbocycles. The molecule has 0 saturated carbocycles. The Morgan fingerprint density at radius 1 is 1.00 bits per heavy atom. The van der Waals surface area contributed by atoms with E-state index in [2.05, 4.69) is 27.7 Å². The molecule has 1 nitrogen and oxygen atoms in total. The van der Waals surface area contributed by atoms with Gasteiger partial charge in [-0.1, -0.05) is 27.7 Å². The van der Waals surface area contributed by atoms with Crippen LogP contribution in [0.15, 0.2) is 0 Å². The molecule has 0 N–H and O–H groups in total. The van der Waals surface area contributed by atoms with E-state index in [4.69, 9.17) is 0 Å². The summed E-state index contributed by atoms with van der Waals surface area (Å²) in [4.78, 5) is 11.3. The highest BCUT2D eigenvalue weighted by atomic mass is 32.2. The fraction of sp³-hybridized carbons (Fsp3) is 0.909. The molecule has 0 aliphatic heterocycles. The Morgan fingerprint density at radius 2 is 1.36 bits per heavy atom. The molecule has 0 aromatic rings. The van der Waals surface area contributed by atoms with E-state index in [0.717, 1.165) is 11.5 Å². The Morgan fingerprint density at radius 3 is 1.57 bits per heavy atom. The second-order valence-corrected chi connectivity index (χ2v) is 7.29. The van der Waals surface area contributed by atoms with Crippen molar-refractivity contribution in [3.8, 4) is 0 Å². The Balaban J connectivity index is 3.84. The molecule has 0 spiro atoms. The van der Waals surface area contributed by atoms with E-state index in [1.807, 2.05) is 23.5 Å². The molecule has 0 fully saturated rings. The second kappa shape index (κ2) is 7.63. The highest BCUT2D eigenvalue weighted by Crippen LogP contribution is 2.21. The number of rotatable bonds is 7. The van der Waals surface area contributed by atoms with Crippen LogP contribution in [0, 0.1) is 5.92 Å². The SMILES string of the molecule is CC(=O)C(CSC(C)C)CSC(C)C. The van der Waals surface area contributed by atoms with Crippen LogP contribution >= 0.6 is 23.5 Å². The first-order valence-electron chi connectivity index (χ1n) is 5.17. The van der Waals surface area contributed by atoms with Crippen molar-refractivity contribution in [3.05, 3.63) is 0 Å². The summed E-state index contributed by atoms with van der Waals surface area (Å²) in [6.45, 7) is 10.4. The number of hydrogen-bond donors (Lipinski definition) is 0. The largest absolute Gasteiger partial charge is 0.300 e. The fourth-order valence-corrected chi connectivity index (χ4v) is 2.99. The molecule has 0 bridgehead atoms. The van der Waals surface area contributed by atoms with Crippen LogP contribution in [-0.2, 0) is 4.79 Å². The van der Waals surface area contributed by atoms with Gasteiger partial charge >= 0.3 is 0 Å². The predicted octanol–water partition coefficient (Wildman–Crippen LogP) is 3.47. The highest BCUT2D eigenvalue weighted by molar-refractivity contribution is 8.00. The van der Waals surface area contributed by atoms with Crippen LogP contribution in [0.1, 0.15) is 34.6 Å². The van der Waals surface area contributed by atoms with Gasteiger partial charge in [0.05, 0.1) is 0 Å². The Hall–Kier alpha value is 0.370. The maximum atomic E-state index is 11.3. The smallest absolute Gasteiger partial charge is 0.134 e. The number of hydrogen-bond acceptors (Lipinski definition) is 3. The van der Waals surface area contributed by atoms with Crippen LogP contribution < -0.4 is 0 Å². The third kappa shape index (κ3) is 7.74. The third-order valence-corrected chi connectivity index (χ3v) is 4.36. The van der Waals surface area contributed by atoms with Crippen molar-refractivity contribution in [2.75, 3.05) is 11.5 Å². The van der Waals surface area contributed by atoms with Gasteiger partial charge in [-0.25, -0.2) is 0 Å². The maximum Gasteiger partial charge on any atom is 0.134 e. The molecule has 0 aromatic carbocycles. The van der Waals surface area contributed by atoms with E-state index < -0.39 is 0 Å². The minimum absolute atomic E-state index is 0.245. The molecule has 14 heavy (non-hydrogen) atoms. The number of ketones is 1. The summed E-state index contributed by atoms with van der Waals surface area (Å²) in [6, 6.07) is 0. The van der Waals surface area contributed by atoms with Crippen molar-refractivity contribution >= 4 is 29.3 Å². The third-order valence-electron chi connectivity index (χ3n) is 1.84. The normalized spacial score (nSPS) is 11.7. The molecule has 0 saturated heterocycles. The average molecular weight is 234 g/mol. The van der Waals surface area contributed by atoms with E-state index >= 15 is 0 Å². The fourth-order valence-electron chi connectivity index (χ4n) is 0.900. The van der Waals surface area contributed by atoms with Crippen LogP contribution in [0.25, 0.3) is 0 Å². The standard InChI is InChI=1S/C11H22OS2/c1-8(2)13-6-11(10(5)12)7-14-9(3)4/h8-9,11H,6-7H2,1-5H3. The topological polar surface area (TPSA) is 17.1 Å². The lowest BCUT2D eigenvalue weighted by molar-refractivity contribution is -0.119. The lowest BCUT2D eigenvalue weighted by atomic mass is 10.1. The average Bonchev–Trinajstić information content (AvgIpc) is 2.02. The zero-order valence-electron chi connectivity index (χ0n) is 9.87. The van der Waals surface area contributed by atoms with Gasteiger partial charge in [0.2, 0.25) is 0 Å². The van der Waals surface area contributed by atoms with Gasteiger partial charge in [0.15, 0.2) is 0 Å². The summed E-state index contributed by atoms with van der Waals surface area (Å²) < 4.78 is 0. The monoisotopic (exact) mass is 234 g/mol. The van der Waals surface area contributed by atoms with Crippen molar-refractivity contribution in [1.29, 1.82) is 0 Å². The molecular formula is C11H22OS2. The van der Waals surface area contributed by atoms with Gasteiger partial charge in [-0.05, 0) is 17.4 Å². The molecule has 0 atom stereocenters. The number of carbonyl (C=O) groups excluding carboxylic acids is 1. The molecule has 0 rings (SSSR count). The van der Waals surface area contributed by atoms with Gasteiger partial charge in [-0.2, -0.15) is 23.5 Å². The minimum atomic E-state index is 0.245. The maximum absolute atomic E-state index is 11.3. The van der Waals surface area contributed by atoms with Crippen LogP contribution in [0.5, 0.6) is 0 Å². The molecule has 84 valence electrons. The zero-order valence-corrected chi connectivity index (χ0v) is 11.5. The quantitative estimate of drug-likeness (QED) is 0.671. The van der Waals surface area contributed by atoms with Crippen LogP contribution in [0.3, 0.4) is 0 Å². The Labute approximate surface area is 96.8 Å². The van der Waals surface area contributed by atoms with E-state index in [9.17, 15) is 4.79 Å². The molecule has 0 unspecified atom stereocenters. The van der Waals surface area contributed by atoms with Gasteiger partial charge in [-0.15, -0.1) is 0 Å². The molecule has 0 amide bonds. The lowest BCUT2D eigenvalue weighted by Gasteiger charge is -2.15. The molecule has 0 aromatic heterocycles. The summed E-state index contributed by atoms with van der Waals surface area (Å²) in [5.41, 5.74) is 0. The van der Waals surface area contributed by atoms with Crippen LogP contribution in [-0.4, -0.2) is 27.8 Å². The van der Waals surface area contributed by atoms with E-state index in [1.54, 1.807) is 6.92 Å². The summed E-state index contributed by atoms with van der Waals surface area (Å²) in [6.07, 6.45) is 0. The second-order valence-electron chi connectivity index (χ2n) is 4.07. The first-order valence-corrected chi connectivity index (χ1v) is 7.26. The predicted molar refractivity (Wildman–Crippen MR) is 69.4 cm³/mol. The van der Waals surface area contributed by atoms with Gasteiger partial charge in [-0.3, -0.25) is 4.79 Å². The van der Waals surface area contributed by atoms with Gasteiger partial charge in [0.25, 0.3) is 0 Å². The molecule has 0 heterocycles. The van der Waals surface area contributed by atoms with Gasteiger partial charge < -0.3 is 0 Å². The summed E-state index contributed by atoms with van der Waals surface area (Å²) in [5, 5.41) is 1.25. The first kappa shape index (κ1) is 14.4. The van der Waals surface area contributed by atoms with Gasteiger partial charge in [0.1, 0.15) is 5.78 Å². The molecule has 0 aliphatic rings. The highest BCUT2D eigenvalue weighted by Gasteiger charge is 2.15. The number of Topliss-reactive ketones (excluding diaryl/α,β-unsaturated/α-hetero) is 1. The van der Waals surface area contributed by atoms with E-state index in [0.29, 0.717) is 16.3 Å². The zero-order chi connectivity index (χ0) is 11.1. The summed E-state index contributed by atoms with van der Waals surface area (Å²) in [5.74, 6) is 2.54.